The van der Waals surface area contributed by atoms with Crippen molar-refractivity contribution in [1.29, 1.82) is 0 Å². The van der Waals surface area contributed by atoms with Crippen molar-refractivity contribution in [3.63, 3.8) is 0 Å². The quantitative estimate of drug-likeness (QED) is 0.138. The first-order chi connectivity index (χ1) is 28.6. The summed E-state index contributed by atoms with van der Waals surface area (Å²) in [5.74, 6) is 2.94. The maximum Gasteiger partial charge on any atom is 0.240 e. The van der Waals surface area contributed by atoms with Gasteiger partial charge in [0.15, 0.2) is 0 Å². The van der Waals surface area contributed by atoms with E-state index in [-0.39, 0.29) is 67.0 Å². The number of aliphatic hydroxyl groups excluding tert-OH is 3. The van der Waals surface area contributed by atoms with Crippen LogP contribution in [0.4, 0.5) is 0 Å². The lowest BCUT2D eigenvalue weighted by Gasteiger charge is -2.55. The second-order valence-corrected chi connectivity index (χ2v) is 21.3. The summed E-state index contributed by atoms with van der Waals surface area (Å²) in [7, 11) is 12.4. The van der Waals surface area contributed by atoms with Crippen LogP contribution in [0.1, 0.15) is 104 Å². The Balaban J connectivity index is 1.15. The van der Waals surface area contributed by atoms with Gasteiger partial charge in [-0.05, 0) is 148 Å². The number of nitrogens with zero attached hydrogens (tertiary/aromatic N) is 4. The molecule has 2 amide bonds. The molecule has 2 bridgehead atoms. The Morgan fingerprint density at radius 1 is 0.867 bits per heavy atom. The minimum absolute atomic E-state index is 0.0546. The van der Waals surface area contributed by atoms with Crippen LogP contribution in [0, 0.1) is 59.2 Å². The molecule has 346 valence electrons. The van der Waals surface area contributed by atoms with Crippen LogP contribution in [0.25, 0.3) is 0 Å². The van der Waals surface area contributed by atoms with Gasteiger partial charge in [0.2, 0.25) is 11.8 Å². The molecule has 9 unspecified atom stereocenters. The molecule has 6 saturated carbocycles. The molecular weight excluding hydrogens is 761 g/mol. The fourth-order valence-electron chi connectivity index (χ4n) is 13.7. The molecule has 5 N–H and O–H groups in total. The maximum atomic E-state index is 14.5. The summed E-state index contributed by atoms with van der Waals surface area (Å²) in [6.07, 6.45) is 12.0. The highest BCUT2D eigenvalue weighted by Crippen LogP contribution is 2.53. The van der Waals surface area contributed by atoms with Crippen LogP contribution in [0.5, 0.6) is 0 Å². The van der Waals surface area contributed by atoms with Crippen LogP contribution in [0.2, 0.25) is 0 Å². The monoisotopic (exact) mass is 847 g/mol. The minimum Gasteiger partial charge on any atom is -0.395 e. The molecule has 0 aromatic rings. The molecule has 1 aliphatic heterocycles. The second kappa shape index (κ2) is 21.5. The van der Waals surface area contributed by atoms with E-state index in [1.54, 1.807) is 12.0 Å². The number of fused-ring (bicyclic) bond motifs is 2. The highest BCUT2D eigenvalue weighted by molar-refractivity contribution is 5.83. The minimum atomic E-state index is -0.834. The first-order valence-corrected chi connectivity index (χ1v) is 24.1. The van der Waals surface area contributed by atoms with Gasteiger partial charge in [-0.25, -0.2) is 0 Å². The molecule has 7 rings (SSSR count). The fourth-order valence-corrected chi connectivity index (χ4v) is 13.7. The largest absolute Gasteiger partial charge is 0.395 e. The zero-order valence-corrected chi connectivity index (χ0v) is 38.9. The van der Waals surface area contributed by atoms with Crippen LogP contribution in [0.15, 0.2) is 0 Å². The smallest absolute Gasteiger partial charge is 0.240 e. The molecule has 0 aromatic carbocycles. The van der Waals surface area contributed by atoms with Crippen molar-refractivity contribution in [1.82, 2.24) is 30.4 Å². The van der Waals surface area contributed by atoms with Gasteiger partial charge in [-0.2, -0.15) is 5.06 Å². The highest BCUT2D eigenvalue weighted by atomic mass is 16.7. The molecule has 0 radical (unpaired) electrons. The summed E-state index contributed by atoms with van der Waals surface area (Å²) < 4.78 is 6.48. The van der Waals surface area contributed by atoms with E-state index in [1.807, 2.05) is 7.11 Å². The van der Waals surface area contributed by atoms with E-state index in [9.17, 15) is 24.9 Å². The van der Waals surface area contributed by atoms with Gasteiger partial charge < -0.3 is 45.4 Å². The van der Waals surface area contributed by atoms with Crippen LogP contribution in [-0.4, -0.2) is 171 Å². The van der Waals surface area contributed by atoms with Gasteiger partial charge in [-0.1, -0.05) is 33.1 Å². The third kappa shape index (κ3) is 10.9. The number of hydrogen-bond acceptors (Lipinski definition) is 11. The van der Waals surface area contributed by atoms with E-state index < -0.39 is 24.2 Å². The summed E-state index contributed by atoms with van der Waals surface area (Å²) >= 11 is 0. The zero-order chi connectivity index (χ0) is 43.4. The number of amides is 2. The van der Waals surface area contributed by atoms with Crippen molar-refractivity contribution in [2.45, 2.75) is 153 Å². The summed E-state index contributed by atoms with van der Waals surface area (Å²) in [5, 5.41) is 40.0. The number of rotatable bonds is 18. The Labute approximate surface area is 363 Å². The Morgan fingerprint density at radius 2 is 1.60 bits per heavy atom. The van der Waals surface area contributed by atoms with Gasteiger partial charge in [0.05, 0.1) is 25.4 Å². The summed E-state index contributed by atoms with van der Waals surface area (Å²) in [5.41, 5.74) is 0. The predicted octanol–water partition coefficient (Wildman–Crippen LogP) is 3.45. The molecule has 1 heterocycles. The average Bonchev–Trinajstić information content (AvgIpc) is 3.59. The number of methoxy groups -OCH3 is 1. The van der Waals surface area contributed by atoms with E-state index in [1.165, 1.54) is 19.3 Å². The molecule has 60 heavy (non-hydrogen) atoms. The summed E-state index contributed by atoms with van der Waals surface area (Å²) in [4.78, 5) is 42.1. The Morgan fingerprint density at radius 3 is 2.23 bits per heavy atom. The number of carbonyl (C=O) groups is 2. The predicted molar refractivity (Wildman–Crippen MR) is 235 cm³/mol. The number of aliphatic hydroxyl groups is 3. The van der Waals surface area contributed by atoms with Crippen LogP contribution >= 0.6 is 0 Å². The van der Waals surface area contributed by atoms with Gasteiger partial charge in [0.25, 0.3) is 0 Å². The van der Waals surface area contributed by atoms with E-state index in [0.29, 0.717) is 54.6 Å². The molecule has 13 nitrogen and oxygen atoms in total. The normalized spacial score (nSPS) is 41.0. The molecule has 18 atom stereocenters. The topological polar surface area (TPSA) is 150 Å². The lowest BCUT2D eigenvalue weighted by molar-refractivity contribution is -0.193. The average molecular weight is 847 g/mol. The van der Waals surface area contributed by atoms with Gasteiger partial charge in [-0.3, -0.25) is 14.4 Å². The van der Waals surface area contributed by atoms with Crippen molar-refractivity contribution in [3.8, 4) is 0 Å². The lowest BCUT2D eigenvalue weighted by atomic mass is 9.52. The van der Waals surface area contributed by atoms with E-state index in [4.69, 9.17) is 9.57 Å². The van der Waals surface area contributed by atoms with Gasteiger partial charge in [-0.15, -0.1) is 0 Å². The third-order valence-corrected chi connectivity index (χ3v) is 17.1. The Kier molecular flexibility index (Phi) is 17.2. The van der Waals surface area contributed by atoms with Gasteiger partial charge >= 0.3 is 0 Å². The molecular formula is C47H86N6O7. The zero-order valence-electron chi connectivity index (χ0n) is 38.9. The lowest BCUT2D eigenvalue weighted by Crippen LogP contribution is -2.59. The number of nitrogens with one attached hydrogen (secondary N) is 2. The standard InChI is InChI=1S/C47H86N6O7/c1-28-33-23-39(28)29(2)40(24-33)49-47(58)44-43(30(3)56)42(27-55)60-53(44)25-32-14-12-15-38(45(32)59-9)34-19-35(22-37(21-34)51(6)7)46(57)48-36(26-50(4)5)20-31-13-10-11-16-41(31)52(8)17-18-54/h28-45,54-56H,10-27H2,1-9H3,(H,48,57)(H,49,58)/t28?,29-,30-,31?,32?,33+,34?,35?,36-,37?,38?,39+,40-,41?,42-,43+,44-,45?/m0/s1. The highest BCUT2D eigenvalue weighted by Gasteiger charge is 2.54. The van der Waals surface area contributed by atoms with Crippen LogP contribution in [0.3, 0.4) is 0 Å². The number of hydrogen-bond donors (Lipinski definition) is 5. The van der Waals surface area contributed by atoms with E-state index >= 15 is 0 Å². The Bertz CT molecular complexity index is 1370. The molecule has 1 saturated heterocycles. The van der Waals surface area contributed by atoms with Crippen molar-refractivity contribution < 1.29 is 34.5 Å². The molecule has 7 fully saturated rings. The van der Waals surface area contributed by atoms with Gasteiger partial charge in [0, 0.05) is 68.7 Å². The van der Waals surface area contributed by atoms with Crippen molar-refractivity contribution in [2.24, 2.45) is 59.2 Å². The maximum absolute atomic E-state index is 14.5. The first-order valence-electron chi connectivity index (χ1n) is 24.1. The first kappa shape index (κ1) is 48.0. The fraction of sp³-hybridized carbons (Fsp3) is 0.957. The number of ether oxygens (including phenoxy) is 1. The molecule has 6 aliphatic carbocycles. The third-order valence-electron chi connectivity index (χ3n) is 17.1. The van der Waals surface area contributed by atoms with E-state index in [2.05, 4.69) is 74.4 Å². The van der Waals surface area contributed by atoms with Gasteiger partial charge in [0.1, 0.15) is 12.1 Å². The molecule has 7 aliphatic rings. The number of carbonyl (C=O) groups excluding carboxylic acids is 2. The van der Waals surface area contributed by atoms with E-state index in [0.717, 1.165) is 70.8 Å². The number of likely N-dealkylation sites (N-methyl/N-ethyl adjacent to an activating group) is 2. The number of hydroxylamine groups is 2. The molecule has 0 spiro atoms. The van der Waals surface area contributed by atoms with Crippen molar-refractivity contribution in [2.75, 3.05) is 75.2 Å². The summed E-state index contributed by atoms with van der Waals surface area (Å²) in [6.45, 7) is 8.17. The second-order valence-electron chi connectivity index (χ2n) is 21.3. The molecule has 13 heteroatoms. The van der Waals surface area contributed by atoms with Crippen molar-refractivity contribution >= 4 is 11.8 Å². The summed E-state index contributed by atoms with van der Waals surface area (Å²) in [6, 6.07) is 0.155. The Hall–Kier alpha value is -1.42. The van der Waals surface area contributed by atoms with Crippen molar-refractivity contribution in [3.05, 3.63) is 0 Å². The van der Waals surface area contributed by atoms with Crippen LogP contribution < -0.4 is 10.6 Å². The van der Waals surface area contributed by atoms with Crippen LogP contribution in [-0.2, 0) is 19.2 Å². The molecule has 0 aromatic heterocycles. The SMILES string of the molecule is COC1C(CN2O[C@@H](CO)[C@@H]([C@H](C)O)[C@H]2C(=O)N[C@H]2C[C@H]3C[C@H](C3C)[C@@H]2C)CCCC1C1CC(C(=O)N[C@@H](CC2CCCCC2N(C)CCO)CN(C)C)CC(N(C)C)C1.